The van der Waals surface area contributed by atoms with Gasteiger partial charge in [-0.05, 0) is 19.1 Å². The summed E-state index contributed by atoms with van der Waals surface area (Å²) < 4.78 is 15.5. The van der Waals surface area contributed by atoms with Crippen LogP contribution in [0.15, 0.2) is 49.3 Å². The molecule has 0 aliphatic rings. The summed E-state index contributed by atoms with van der Waals surface area (Å²) in [6.45, 7) is 1.94. The van der Waals surface area contributed by atoms with Crippen molar-refractivity contribution >= 4 is 28.0 Å². The maximum Gasteiger partial charge on any atom is 0.233 e. The summed E-state index contributed by atoms with van der Waals surface area (Å²) in [4.78, 5) is 28.2. The van der Waals surface area contributed by atoms with E-state index in [9.17, 15) is 4.39 Å². The Morgan fingerprint density at radius 2 is 2.00 bits per heavy atom. The second-order valence-corrected chi connectivity index (χ2v) is 6.18. The van der Waals surface area contributed by atoms with E-state index in [0.717, 1.165) is 17.2 Å². The van der Waals surface area contributed by atoms with Gasteiger partial charge in [-0.15, -0.1) is 0 Å². The quantitative estimate of drug-likeness (QED) is 0.497. The number of para-hydroxylation sites is 2. The number of H-pyrrole nitrogens is 1. The normalized spacial score (nSPS) is 12.5. The predicted molar refractivity (Wildman–Crippen MR) is 100 cm³/mol. The van der Waals surface area contributed by atoms with Crippen LogP contribution in [0.2, 0.25) is 0 Å². The first kappa shape index (κ1) is 16.2. The van der Waals surface area contributed by atoms with Crippen LogP contribution in [0.5, 0.6) is 0 Å². The highest BCUT2D eigenvalue weighted by atomic mass is 19.1. The van der Waals surface area contributed by atoms with Crippen molar-refractivity contribution in [2.75, 3.05) is 5.32 Å². The molecule has 9 nitrogen and oxygen atoms in total. The number of aromatic amines is 1. The number of nitrogens with one attached hydrogen (secondary N) is 2. The highest BCUT2D eigenvalue weighted by molar-refractivity contribution is 5.82. The Labute approximate surface area is 157 Å². The second kappa shape index (κ2) is 6.34. The summed E-state index contributed by atoms with van der Waals surface area (Å²) in [5.74, 6) is 0.940. The first-order valence-corrected chi connectivity index (χ1v) is 8.56. The number of nitrogens with zero attached hydrogens (tertiary/aromatic N) is 7. The highest BCUT2D eigenvalue weighted by Crippen LogP contribution is 2.27. The van der Waals surface area contributed by atoms with Gasteiger partial charge in [0, 0.05) is 0 Å². The van der Waals surface area contributed by atoms with Crippen molar-refractivity contribution in [3.63, 3.8) is 0 Å². The molecule has 5 aromatic rings. The fourth-order valence-electron chi connectivity index (χ4n) is 3.16. The molecule has 0 aliphatic carbocycles. The molecule has 0 radical (unpaired) electrons. The van der Waals surface area contributed by atoms with Gasteiger partial charge in [0.1, 0.15) is 17.7 Å². The van der Waals surface area contributed by atoms with Crippen LogP contribution in [-0.2, 0) is 0 Å². The number of benzene rings is 1. The van der Waals surface area contributed by atoms with Crippen LogP contribution in [0.1, 0.15) is 18.8 Å². The van der Waals surface area contributed by atoms with Gasteiger partial charge in [-0.1, -0.05) is 12.1 Å². The van der Waals surface area contributed by atoms with E-state index in [1.54, 1.807) is 10.9 Å². The lowest BCUT2D eigenvalue weighted by Gasteiger charge is -2.16. The smallest absolute Gasteiger partial charge is 0.233 e. The van der Waals surface area contributed by atoms with Crippen LogP contribution in [0.3, 0.4) is 0 Å². The lowest BCUT2D eigenvalue weighted by atomic mass is 10.3. The molecule has 0 saturated carbocycles. The van der Waals surface area contributed by atoms with Crippen molar-refractivity contribution in [3.05, 3.63) is 61.1 Å². The topological polar surface area (TPSA) is 110 Å². The SMILES string of the molecule is CC(Nc1ncnc2nc[nH]c12)c1nc2ccccc2n1-c1cncc(F)n1. The van der Waals surface area contributed by atoms with Crippen LogP contribution < -0.4 is 5.32 Å². The van der Waals surface area contributed by atoms with Crippen LogP contribution in [0, 0.1) is 5.95 Å². The van der Waals surface area contributed by atoms with Crippen molar-refractivity contribution < 1.29 is 4.39 Å². The Morgan fingerprint density at radius 1 is 1.11 bits per heavy atom. The Hall–Kier alpha value is -3.95. The molecular weight excluding hydrogens is 361 g/mol. The van der Waals surface area contributed by atoms with E-state index in [0.29, 0.717) is 28.6 Å². The van der Waals surface area contributed by atoms with Gasteiger partial charge in [-0.25, -0.2) is 19.9 Å². The summed E-state index contributed by atoms with van der Waals surface area (Å²) in [6, 6.07) is 7.32. The molecule has 5 rings (SSSR count). The Balaban J connectivity index is 1.64. The molecule has 4 aromatic heterocycles. The zero-order valence-corrected chi connectivity index (χ0v) is 14.7. The third-order valence-corrected chi connectivity index (χ3v) is 4.37. The van der Waals surface area contributed by atoms with Gasteiger partial charge in [0.05, 0.1) is 35.8 Å². The zero-order valence-electron chi connectivity index (χ0n) is 14.7. The summed E-state index contributed by atoms with van der Waals surface area (Å²) in [5.41, 5.74) is 2.84. The molecule has 0 aliphatic heterocycles. The monoisotopic (exact) mass is 375 g/mol. The molecule has 0 bridgehead atoms. The van der Waals surface area contributed by atoms with E-state index >= 15 is 0 Å². The van der Waals surface area contributed by atoms with Gasteiger partial charge in [0.25, 0.3) is 0 Å². The van der Waals surface area contributed by atoms with Gasteiger partial charge >= 0.3 is 0 Å². The van der Waals surface area contributed by atoms with E-state index in [4.69, 9.17) is 4.98 Å². The minimum absolute atomic E-state index is 0.279. The molecular formula is C18H14FN9. The summed E-state index contributed by atoms with van der Waals surface area (Å²) in [6.07, 6.45) is 5.58. The summed E-state index contributed by atoms with van der Waals surface area (Å²) >= 11 is 0. The van der Waals surface area contributed by atoms with Crippen molar-refractivity contribution in [1.29, 1.82) is 0 Å². The molecule has 0 fully saturated rings. The number of imidazole rings is 2. The largest absolute Gasteiger partial charge is 0.358 e. The molecule has 2 N–H and O–H groups in total. The van der Waals surface area contributed by atoms with Crippen LogP contribution in [0.4, 0.5) is 10.2 Å². The zero-order chi connectivity index (χ0) is 19.1. The highest BCUT2D eigenvalue weighted by Gasteiger charge is 2.20. The molecule has 138 valence electrons. The average molecular weight is 375 g/mol. The van der Waals surface area contributed by atoms with Gasteiger partial charge in [0.2, 0.25) is 5.95 Å². The van der Waals surface area contributed by atoms with Crippen molar-refractivity contribution in [2.45, 2.75) is 13.0 Å². The number of halogens is 1. The summed E-state index contributed by atoms with van der Waals surface area (Å²) in [7, 11) is 0. The number of hydrogen-bond acceptors (Lipinski definition) is 7. The average Bonchev–Trinajstić information content (AvgIpc) is 3.33. The lowest BCUT2D eigenvalue weighted by molar-refractivity contribution is 0.571. The van der Waals surface area contributed by atoms with E-state index in [1.165, 1.54) is 12.5 Å². The second-order valence-electron chi connectivity index (χ2n) is 6.18. The molecule has 1 atom stereocenters. The van der Waals surface area contributed by atoms with Gasteiger partial charge in [0.15, 0.2) is 17.3 Å². The Bertz CT molecular complexity index is 1290. The van der Waals surface area contributed by atoms with Crippen LogP contribution in [0.25, 0.3) is 28.0 Å². The number of rotatable bonds is 4. The summed E-state index contributed by atoms with van der Waals surface area (Å²) in [5, 5.41) is 3.33. The van der Waals surface area contributed by atoms with Crippen molar-refractivity contribution in [1.82, 2.24) is 39.5 Å². The standard InChI is InChI=1S/C18H14FN9/c1-10(25-17-15-16(22-8-21-15)23-9-24-17)18-26-11-4-2-3-5-12(11)28(18)14-7-20-6-13(19)27-14/h2-10H,1H3,(H2,21,22,23,24,25). The molecule has 0 saturated heterocycles. The fraction of sp³-hybridized carbons (Fsp3) is 0.111. The maximum absolute atomic E-state index is 13.7. The molecule has 10 heteroatoms. The third-order valence-electron chi connectivity index (χ3n) is 4.37. The van der Waals surface area contributed by atoms with E-state index < -0.39 is 5.95 Å². The number of hydrogen-bond donors (Lipinski definition) is 2. The fourth-order valence-corrected chi connectivity index (χ4v) is 3.16. The van der Waals surface area contributed by atoms with Gasteiger partial charge in [-0.3, -0.25) is 9.55 Å². The van der Waals surface area contributed by atoms with Gasteiger partial charge < -0.3 is 10.3 Å². The van der Waals surface area contributed by atoms with E-state index in [2.05, 4.69) is 35.2 Å². The lowest BCUT2D eigenvalue weighted by Crippen LogP contribution is -2.15. The minimum Gasteiger partial charge on any atom is -0.358 e. The first-order valence-electron chi connectivity index (χ1n) is 8.56. The number of fused-ring (bicyclic) bond motifs is 2. The molecule has 4 heterocycles. The predicted octanol–water partition coefficient (Wildman–Crippen LogP) is 2.79. The number of aromatic nitrogens is 8. The molecule has 0 amide bonds. The Kier molecular flexibility index (Phi) is 3.68. The molecule has 1 unspecified atom stereocenters. The third kappa shape index (κ3) is 2.62. The van der Waals surface area contributed by atoms with Gasteiger partial charge in [-0.2, -0.15) is 9.37 Å². The molecule has 0 spiro atoms. The van der Waals surface area contributed by atoms with Crippen molar-refractivity contribution in [2.24, 2.45) is 0 Å². The van der Waals surface area contributed by atoms with E-state index in [-0.39, 0.29) is 6.04 Å². The van der Waals surface area contributed by atoms with Crippen molar-refractivity contribution in [3.8, 4) is 5.82 Å². The minimum atomic E-state index is -0.656. The van der Waals surface area contributed by atoms with Crippen LogP contribution >= 0.6 is 0 Å². The molecule has 28 heavy (non-hydrogen) atoms. The maximum atomic E-state index is 13.7. The molecule has 1 aromatic carbocycles. The van der Waals surface area contributed by atoms with Crippen LogP contribution in [-0.4, -0.2) is 39.5 Å². The first-order chi connectivity index (χ1) is 13.7. The number of anilines is 1. The van der Waals surface area contributed by atoms with E-state index in [1.807, 2.05) is 31.2 Å². The Morgan fingerprint density at radius 3 is 2.89 bits per heavy atom.